The molecule has 0 unspecified atom stereocenters. The summed E-state index contributed by atoms with van der Waals surface area (Å²) in [4.78, 5) is 45.7. The van der Waals surface area contributed by atoms with E-state index in [-0.39, 0.29) is 29.3 Å². The number of benzene rings is 1. The van der Waals surface area contributed by atoms with Crippen molar-refractivity contribution in [3.05, 3.63) is 56.7 Å². The third kappa shape index (κ3) is 3.78. The topological polar surface area (TPSA) is 85.4 Å². The van der Waals surface area contributed by atoms with E-state index in [1.54, 1.807) is 23.7 Å². The van der Waals surface area contributed by atoms with Crippen LogP contribution in [0.2, 0.25) is 0 Å². The van der Waals surface area contributed by atoms with Gasteiger partial charge in [0, 0.05) is 40.3 Å². The Kier molecular flexibility index (Phi) is 5.48. The number of aryl methyl sites for hydroxylation is 1. The van der Waals surface area contributed by atoms with Crippen LogP contribution in [-0.4, -0.2) is 55.5 Å². The number of halogens is 1. The first-order chi connectivity index (χ1) is 14.8. The molecule has 1 aliphatic heterocycles. The number of aromatic nitrogens is 4. The van der Waals surface area contributed by atoms with E-state index in [4.69, 9.17) is 0 Å². The number of fused-ring (bicyclic) bond motifs is 1. The molecule has 0 amide bonds. The molecule has 1 aromatic carbocycles. The average molecular weight is 428 g/mol. The molecule has 164 valence electrons. The number of anilines is 1. The van der Waals surface area contributed by atoms with Crippen molar-refractivity contribution < 1.29 is 9.18 Å². The van der Waals surface area contributed by atoms with Gasteiger partial charge in [-0.25, -0.2) is 14.2 Å². The summed E-state index contributed by atoms with van der Waals surface area (Å²) in [5.41, 5.74) is 0.177. The van der Waals surface area contributed by atoms with Gasteiger partial charge in [-0.15, -0.1) is 0 Å². The van der Waals surface area contributed by atoms with Crippen LogP contribution in [0, 0.1) is 5.82 Å². The molecule has 4 rings (SSSR count). The Morgan fingerprint density at radius 2 is 1.74 bits per heavy atom. The minimum Gasteiger partial charge on any atom is -0.367 e. The van der Waals surface area contributed by atoms with Crippen molar-refractivity contribution in [3.8, 4) is 0 Å². The highest BCUT2D eigenvalue weighted by Gasteiger charge is 2.24. The lowest BCUT2D eigenvalue weighted by atomic mass is 10.2. The molecule has 9 nitrogen and oxygen atoms in total. The Balaban J connectivity index is 1.63. The first-order valence-corrected chi connectivity index (χ1v) is 10.1. The Morgan fingerprint density at radius 3 is 2.39 bits per heavy atom. The van der Waals surface area contributed by atoms with Crippen molar-refractivity contribution in [1.29, 1.82) is 0 Å². The quantitative estimate of drug-likeness (QED) is 0.588. The zero-order valence-corrected chi connectivity index (χ0v) is 17.8. The van der Waals surface area contributed by atoms with E-state index in [0.717, 1.165) is 4.57 Å². The van der Waals surface area contributed by atoms with Crippen molar-refractivity contribution in [2.75, 3.05) is 31.1 Å². The third-order valence-electron chi connectivity index (χ3n) is 5.74. The van der Waals surface area contributed by atoms with Gasteiger partial charge in [-0.2, -0.15) is 0 Å². The summed E-state index contributed by atoms with van der Waals surface area (Å²) in [6, 6.07) is 6.72. The maximum absolute atomic E-state index is 14.1. The highest BCUT2D eigenvalue weighted by atomic mass is 19.1. The third-order valence-corrected chi connectivity index (χ3v) is 5.74. The van der Waals surface area contributed by atoms with Gasteiger partial charge < -0.3 is 9.47 Å². The molecule has 2 aromatic heterocycles. The molecule has 1 fully saturated rings. The summed E-state index contributed by atoms with van der Waals surface area (Å²) in [6.07, 6.45) is 0. The number of piperazine rings is 1. The van der Waals surface area contributed by atoms with Crippen molar-refractivity contribution >= 4 is 22.6 Å². The zero-order valence-electron chi connectivity index (χ0n) is 17.8. The van der Waals surface area contributed by atoms with Gasteiger partial charge in [0.25, 0.3) is 5.56 Å². The van der Waals surface area contributed by atoms with Crippen LogP contribution in [0.5, 0.6) is 0 Å². The van der Waals surface area contributed by atoms with Gasteiger partial charge in [0.15, 0.2) is 11.2 Å². The van der Waals surface area contributed by atoms with Gasteiger partial charge in [0.1, 0.15) is 17.4 Å². The number of hydrogen-bond acceptors (Lipinski definition) is 6. The molecule has 10 heteroatoms. The first kappa shape index (κ1) is 21.0. The number of carbonyl (C=O) groups is 1. The number of ketones is 1. The van der Waals surface area contributed by atoms with Crippen molar-refractivity contribution in [2.45, 2.75) is 20.0 Å². The second kappa shape index (κ2) is 8.10. The fourth-order valence-electron chi connectivity index (χ4n) is 4.06. The number of nitrogens with zero attached hydrogens (tertiary/aromatic N) is 6. The fraction of sp³-hybridized carbons (Fsp3) is 0.429. The predicted octanol–water partition coefficient (Wildman–Crippen LogP) is 0.484. The van der Waals surface area contributed by atoms with Crippen molar-refractivity contribution in [1.82, 2.24) is 23.6 Å². The molecule has 0 radical (unpaired) electrons. The smallest absolute Gasteiger partial charge is 0.332 e. The van der Waals surface area contributed by atoms with Crippen molar-refractivity contribution in [3.63, 3.8) is 0 Å². The summed E-state index contributed by atoms with van der Waals surface area (Å²) >= 11 is 0. The number of rotatable bonds is 5. The second-order valence-corrected chi connectivity index (χ2v) is 7.91. The molecule has 3 heterocycles. The highest BCUT2D eigenvalue weighted by molar-refractivity contribution is 5.79. The predicted molar refractivity (Wildman–Crippen MR) is 115 cm³/mol. The maximum Gasteiger partial charge on any atom is 0.332 e. The van der Waals surface area contributed by atoms with Crippen LogP contribution < -0.4 is 16.1 Å². The van der Waals surface area contributed by atoms with Crippen LogP contribution in [0.4, 0.5) is 10.1 Å². The summed E-state index contributed by atoms with van der Waals surface area (Å²) in [5, 5.41) is 0. The van der Waals surface area contributed by atoms with E-state index < -0.39 is 11.2 Å². The van der Waals surface area contributed by atoms with Crippen LogP contribution in [0.15, 0.2) is 33.9 Å². The van der Waals surface area contributed by atoms with Gasteiger partial charge >= 0.3 is 5.69 Å². The normalized spacial score (nSPS) is 15.0. The fourth-order valence-corrected chi connectivity index (χ4v) is 4.06. The zero-order chi connectivity index (χ0) is 22.3. The van der Waals surface area contributed by atoms with Crippen LogP contribution in [0.3, 0.4) is 0 Å². The Hall–Kier alpha value is -3.27. The molecule has 0 saturated carbocycles. The summed E-state index contributed by atoms with van der Waals surface area (Å²) in [5.74, 6) is 0.208. The van der Waals surface area contributed by atoms with E-state index in [1.807, 2.05) is 11.0 Å². The molecule has 1 aliphatic rings. The van der Waals surface area contributed by atoms with Crippen LogP contribution in [-0.2, 0) is 32.0 Å². The monoisotopic (exact) mass is 428 g/mol. The van der Waals surface area contributed by atoms with Crippen LogP contribution >= 0.6 is 0 Å². The van der Waals surface area contributed by atoms with Crippen LogP contribution in [0.1, 0.15) is 12.7 Å². The lowest BCUT2D eigenvalue weighted by molar-refractivity contribution is -0.117. The minimum absolute atomic E-state index is 0.00840. The molecular weight excluding hydrogens is 403 g/mol. The Bertz CT molecular complexity index is 1270. The summed E-state index contributed by atoms with van der Waals surface area (Å²) < 4.78 is 18.1. The van der Waals surface area contributed by atoms with Gasteiger partial charge in [0.2, 0.25) is 0 Å². The molecule has 1 saturated heterocycles. The highest BCUT2D eigenvalue weighted by Crippen LogP contribution is 2.21. The number of imidazole rings is 1. The number of carbonyl (C=O) groups excluding carboxylic acids is 1. The average Bonchev–Trinajstić information content (AvgIpc) is 3.09. The SMILES string of the molecule is CC(=O)Cn1c(CN2CCN(c3ccccc3F)CC2)nc2c1c(=O)n(C)c(=O)n2C. The number of Topliss-reactive ketones (excluding diaryl/α,β-unsaturated/α-hetero) is 1. The molecule has 0 spiro atoms. The van der Waals surface area contributed by atoms with E-state index in [1.165, 1.54) is 24.6 Å². The molecule has 0 bridgehead atoms. The van der Waals surface area contributed by atoms with E-state index in [9.17, 15) is 18.8 Å². The van der Waals surface area contributed by atoms with Gasteiger partial charge in [-0.1, -0.05) is 12.1 Å². The van der Waals surface area contributed by atoms with Gasteiger partial charge in [-0.05, 0) is 19.1 Å². The van der Waals surface area contributed by atoms with Crippen LogP contribution in [0.25, 0.3) is 11.2 Å². The summed E-state index contributed by atoms with van der Waals surface area (Å²) in [7, 11) is 2.98. The summed E-state index contributed by atoms with van der Waals surface area (Å²) in [6.45, 7) is 4.53. The molecule has 0 N–H and O–H groups in total. The maximum atomic E-state index is 14.1. The molecule has 0 aliphatic carbocycles. The minimum atomic E-state index is -0.470. The van der Waals surface area contributed by atoms with Gasteiger partial charge in [0.05, 0.1) is 18.8 Å². The van der Waals surface area contributed by atoms with E-state index in [2.05, 4.69) is 9.88 Å². The molecule has 31 heavy (non-hydrogen) atoms. The first-order valence-electron chi connectivity index (χ1n) is 10.1. The van der Waals surface area contributed by atoms with E-state index in [0.29, 0.717) is 44.2 Å². The molecule has 0 atom stereocenters. The van der Waals surface area contributed by atoms with Crippen molar-refractivity contribution in [2.24, 2.45) is 14.1 Å². The Labute approximate surface area is 177 Å². The standard InChI is InChI=1S/C21H25FN6O3/c1-14(29)12-28-17(23-19-18(28)20(30)25(3)21(31)24(19)2)13-26-8-10-27(11-9-26)16-7-5-4-6-15(16)22/h4-7H,8-13H2,1-3H3. The van der Waals surface area contributed by atoms with Gasteiger partial charge in [-0.3, -0.25) is 23.6 Å². The largest absolute Gasteiger partial charge is 0.367 e. The number of para-hydroxylation sites is 1. The number of hydrogen-bond donors (Lipinski definition) is 0. The molecule has 3 aromatic rings. The molecular formula is C21H25FN6O3. The lowest BCUT2D eigenvalue weighted by Gasteiger charge is -2.36. The lowest BCUT2D eigenvalue weighted by Crippen LogP contribution is -2.46. The Morgan fingerprint density at radius 1 is 1.06 bits per heavy atom. The second-order valence-electron chi connectivity index (χ2n) is 7.91. The van der Waals surface area contributed by atoms with E-state index >= 15 is 0 Å².